The van der Waals surface area contributed by atoms with E-state index in [1.807, 2.05) is 11.8 Å². The maximum Gasteiger partial charge on any atom is 0.0311 e. The second-order valence-electron chi connectivity index (χ2n) is 6.08. The van der Waals surface area contributed by atoms with Gasteiger partial charge in [-0.1, -0.05) is 26.0 Å². The van der Waals surface area contributed by atoms with E-state index in [4.69, 9.17) is 5.73 Å². The molecule has 0 saturated heterocycles. The lowest BCUT2D eigenvalue weighted by atomic mass is 9.74. The standard InChI is InChI=1S/C16H24BrNS/c1-11-7-12(2)9-13(8-11)15(18)10-19-16-6-4-3-5-14(16)17/h3-6,11-13,15H,7-10,18H2,1-2H3. The molecule has 1 aliphatic carbocycles. The fourth-order valence-corrected chi connectivity index (χ4v) is 4.90. The van der Waals surface area contributed by atoms with Gasteiger partial charge in [-0.15, -0.1) is 11.8 Å². The summed E-state index contributed by atoms with van der Waals surface area (Å²) in [6.45, 7) is 4.74. The van der Waals surface area contributed by atoms with Crippen LogP contribution in [0.5, 0.6) is 0 Å². The Labute approximate surface area is 129 Å². The third-order valence-corrected chi connectivity index (χ3v) is 6.26. The Bertz CT molecular complexity index is 399. The van der Waals surface area contributed by atoms with E-state index in [-0.39, 0.29) is 0 Å². The highest BCUT2D eigenvalue weighted by Gasteiger charge is 2.28. The highest BCUT2D eigenvalue weighted by Crippen LogP contribution is 2.36. The summed E-state index contributed by atoms with van der Waals surface area (Å²) >= 11 is 5.48. The topological polar surface area (TPSA) is 26.0 Å². The first kappa shape index (κ1) is 15.4. The molecule has 0 spiro atoms. The Morgan fingerprint density at radius 1 is 1.21 bits per heavy atom. The quantitative estimate of drug-likeness (QED) is 0.784. The van der Waals surface area contributed by atoms with Gasteiger partial charge in [0.05, 0.1) is 0 Å². The summed E-state index contributed by atoms with van der Waals surface area (Å²) in [5, 5.41) is 0. The Kier molecular flexibility index (Phi) is 5.79. The number of rotatable bonds is 4. The van der Waals surface area contributed by atoms with Crippen molar-refractivity contribution in [3.05, 3.63) is 28.7 Å². The molecule has 0 bridgehead atoms. The first-order chi connectivity index (χ1) is 9.06. The number of hydrogen-bond acceptors (Lipinski definition) is 2. The zero-order valence-electron chi connectivity index (χ0n) is 11.8. The van der Waals surface area contributed by atoms with Crippen LogP contribution in [0.1, 0.15) is 33.1 Å². The molecular weight excluding hydrogens is 318 g/mol. The molecule has 2 rings (SSSR count). The van der Waals surface area contributed by atoms with Crippen LogP contribution < -0.4 is 5.73 Å². The van der Waals surface area contributed by atoms with E-state index in [0.29, 0.717) is 12.0 Å². The molecule has 2 N–H and O–H groups in total. The predicted octanol–water partition coefficient (Wildman–Crippen LogP) is 4.94. The maximum atomic E-state index is 6.43. The lowest BCUT2D eigenvalue weighted by Crippen LogP contribution is -2.37. The molecule has 3 unspecified atom stereocenters. The molecule has 106 valence electrons. The largest absolute Gasteiger partial charge is 0.327 e. The molecule has 0 aromatic heterocycles. The van der Waals surface area contributed by atoms with E-state index in [1.165, 1.54) is 28.6 Å². The number of halogens is 1. The molecule has 0 aliphatic heterocycles. The number of hydrogen-bond donors (Lipinski definition) is 1. The normalized spacial score (nSPS) is 29.2. The Hall–Kier alpha value is 0.01000. The van der Waals surface area contributed by atoms with Gasteiger partial charge >= 0.3 is 0 Å². The maximum absolute atomic E-state index is 6.43. The van der Waals surface area contributed by atoms with Crippen molar-refractivity contribution in [2.24, 2.45) is 23.5 Å². The average Bonchev–Trinajstić information content (AvgIpc) is 2.36. The van der Waals surface area contributed by atoms with E-state index in [0.717, 1.165) is 17.6 Å². The third-order valence-electron chi connectivity index (χ3n) is 4.09. The van der Waals surface area contributed by atoms with Crippen molar-refractivity contribution in [1.29, 1.82) is 0 Å². The van der Waals surface area contributed by atoms with Crippen molar-refractivity contribution >= 4 is 27.7 Å². The van der Waals surface area contributed by atoms with Gasteiger partial charge in [0.15, 0.2) is 0 Å². The van der Waals surface area contributed by atoms with Gasteiger partial charge in [-0.25, -0.2) is 0 Å². The first-order valence-corrected chi connectivity index (χ1v) is 8.97. The fourth-order valence-electron chi connectivity index (χ4n) is 3.24. The van der Waals surface area contributed by atoms with E-state index >= 15 is 0 Å². The summed E-state index contributed by atoms with van der Waals surface area (Å²) in [7, 11) is 0. The van der Waals surface area contributed by atoms with Crippen molar-refractivity contribution < 1.29 is 0 Å². The minimum absolute atomic E-state index is 0.322. The van der Waals surface area contributed by atoms with Gasteiger partial charge in [-0.2, -0.15) is 0 Å². The van der Waals surface area contributed by atoms with E-state index in [1.54, 1.807) is 0 Å². The smallest absolute Gasteiger partial charge is 0.0311 e. The molecule has 3 atom stereocenters. The molecule has 1 aromatic rings. The van der Waals surface area contributed by atoms with Crippen molar-refractivity contribution in [2.75, 3.05) is 5.75 Å². The van der Waals surface area contributed by atoms with E-state index < -0.39 is 0 Å². The van der Waals surface area contributed by atoms with Gasteiger partial charge in [0, 0.05) is 21.2 Å². The van der Waals surface area contributed by atoms with Gasteiger partial charge in [-0.3, -0.25) is 0 Å². The fraction of sp³-hybridized carbons (Fsp3) is 0.625. The van der Waals surface area contributed by atoms with Gasteiger partial charge in [0.1, 0.15) is 0 Å². The van der Waals surface area contributed by atoms with Gasteiger partial charge in [0.25, 0.3) is 0 Å². The summed E-state index contributed by atoms with van der Waals surface area (Å²) in [6, 6.07) is 8.72. The molecule has 0 heterocycles. The third kappa shape index (κ3) is 4.51. The van der Waals surface area contributed by atoms with Crippen molar-refractivity contribution in [3.63, 3.8) is 0 Å². The van der Waals surface area contributed by atoms with Crippen LogP contribution in [-0.2, 0) is 0 Å². The lowest BCUT2D eigenvalue weighted by molar-refractivity contribution is 0.200. The van der Waals surface area contributed by atoms with Gasteiger partial charge < -0.3 is 5.73 Å². The molecule has 0 radical (unpaired) electrons. The zero-order chi connectivity index (χ0) is 13.8. The van der Waals surface area contributed by atoms with Crippen LogP contribution >= 0.6 is 27.7 Å². The summed E-state index contributed by atoms with van der Waals surface area (Å²) in [5.74, 6) is 3.41. The molecule has 1 aliphatic rings. The molecule has 0 amide bonds. The highest BCUT2D eigenvalue weighted by molar-refractivity contribution is 9.10. The number of thioether (sulfide) groups is 1. The molecule has 3 heteroatoms. The van der Waals surface area contributed by atoms with Gasteiger partial charge in [-0.05, 0) is 65.1 Å². The van der Waals surface area contributed by atoms with Crippen LogP contribution in [0.25, 0.3) is 0 Å². The van der Waals surface area contributed by atoms with E-state index in [2.05, 4.69) is 54.0 Å². The molecular formula is C16H24BrNS. The first-order valence-electron chi connectivity index (χ1n) is 7.19. The summed E-state index contributed by atoms with van der Waals surface area (Å²) in [6.07, 6.45) is 3.99. The van der Waals surface area contributed by atoms with Crippen LogP contribution in [0.3, 0.4) is 0 Å². The van der Waals surface area contributed by atoms with Crippen LogP contribution in [0.15, 0.2) is 33.6 Å². The monoisotopic (exact) mass is 341 g/mol. The Balaban J connectivity index is 1.87. The van der Waals surface area contributed by atoms with Crippen LogP contribution in [0.2, 0.25) is 0 Å². The van der Waals surface area contributed by atoms with Crippen molar-refractivity contribution in [2.45, 2.75) is 44.0 Å². The molecule has 1 saturated carbocycles. The Morgan fingerprint density at radius 2 is 1.84 bits per heavy atom. The second-order valence-corrected chi connectivity index (χ2v) is 8.00. The zero-order valence-corrected chi connectivity index (χ0v) is 14.2. The van der Waals surface area contributed by atoms with Gasteiger partial charge in [0.2, 0.25) is 0 Å². The van der Waals surface area contributed by atoms with Crippen molar-refractivity contribution in [3.8, 4) is 0 Å². The van der Waals surface area contributed by atoms with E-state index in [9.17, 15) is 0 Å². The number of nitrogens with two attached hydrogens (primary N) is 1. The summed E-state index contributed by atoms with van der Waals surface area (Å²) < 4.78 is 1.18. The van der Waals surface area contributed by atoms with Crippen LogP contribution in [0, 0.1) is 17.8 Å². The second kappa shape index (κ2) is 7.14. The minimum Gasteiger partial charge on any atom is -0.327 e. The lowest BCUT2D eigenvalue weighted by Gasteiger charge is -2.34. The Morgan fingerprint density at radius 3 is 2.47 bits per heavy atom. The van der Waals surface area contributed by atoms with Crippen LogP contribution in [-0.4, -0.2) is 11.8 Å². The highest BCUT2D eigenvalue weighted by atomic mass is 79.9. The number of benzene rings is 1. The molecule has 19 heavy (non-hydrogen) atoms. The predicted molar refractivity (Wildman–Crippen MR) is 88.5 cm³/mol. The minimum atomic E-state index is 0.322. The van der Waals surface area contributed by atoms with Crippen molar-refractivity contribution in [1.82, 2.24) is 0 Å². The molecule has 1 nitrogen and oxygen atoms in total. The molecule has 1 aromatic carbocycles. The van der Waals surface area contributed by atoms with Crippen LogP contribution in [0.4, 0.5) is 0 Å². The summed E-state index contributed by atoms with van der Waals surface area (Å²) in [5.41, 5.74) is 6.43. The average molecular weight is 342 g/mol. The molecule has 1 fully saturated rings. The SMILES string of the molecule is CC1CC(C)CC(C(N)CSc2ccccc2Br)C1. The summed E-state index contributed by atoms with van der Waals surface area (Å²) in [4.78, 5) is 1.30.